The van der Waals surface area contributed by atoms with Gasteiger partial charge in [-0.25, -0.2) is 0 Å². The molecule has 1 atom stereocenters. The van der Waals surface area contributed by atoms with E-state index in [9.17, 15) is 18.0 Å². The van der Waals surface area contributed by atoms with Gasteiger partial charge in [0.05, 0.1) is 0 Å². The largest absolute Gasteiger partial charge is 0.573 e. The highest BCUT2D eigenvalue weighted by atomic mass is 19.4. The summed E-state index contributed by atoms with van der Waals surface area (Å²) in [7, 11) is 0. The van der Waals surface area contributed by atoms with Crippen LogP contribution < -0.4 is 9.47 Å². The highest BCUT2D eigenvalue weighted by molar-refractivity contribution is 5.75. The third-order valence-corrected chi connectivity index (χ3v) is 1.97. The van der Waals surface area contributed by atoms with E-state index in [0.29, 0.717) is 5.75 Å². The minimum absolute atomic E-state index is 0.0143. The molecule has 1 rings (SSSR count). The number of halogens is 3. The van der Waals surface area contributed by atoms with Gasteiger partial charge in [-0.15, -0.1) is 13.2 Å². The van der Waals surface area contributed by atoms with Gasteiger partial charge < -0.3 is 9.47 Å². The maximum atomic E-state index is 11.9. The minimum atomic E-state index is -4.70. The van der Waals surface area contributed by atoms with Gasteiger partial charge in [-0.05, 0) is 38.1 Å². The third-order valence-electron chi connectivity index (χ3n) is 1.97. The molecule has 1 aromatic rings. The Labute approximate surface area is 103 Å². The Bertz CT molecular complexity index is 398. The van der Waals surface area contributed by atoms with Gasteiger partial charge in [-0.1, -0.05) is 0 Å². The lowest BCUT2D eigenvalue weighted by Crippen LogP contribution is -2.17. The zero-order valence-electron chi connectivity index (χ0n) is 9.95. The summed E-state index contributed by atoms with van der Waals surface area (Å²) in [6, 6.07) is 5.03. The van der Waals surface area contributed by atoms with Gasteiger partial charge >= 0.3 is 6.36 Å². The molecule has 0 aliphatic rings. The Hall–Kier alpha value is -1.72. The van der Waals surface area contributed by atoms with Crippen molar-refractivity contribution in [2.45, 2.75) is 32.7 Å². The first-order chi connectivity index (χ1) is 8.26. The van der Waals surface area contributed by atoms with E-state index < -0.39 is 6.36 Å². The van der Waals surface area contributed by atoms with Crippen LogP contribution in [0.3, 0.4) is 0 Å². The Morgan fingerprint density at radius 1 is 1.22 bits per heavy atom. The van der Waals surface area contributed by atoms with Crippen molar-refractivity contribution in [3.8, 4) is 11.5 Å². The van der Waals surface area contributed by atoms with Crippen molar-refractivity contribution in [1.29, 1.82) is 0 Å². The summed E-state index contributed by atoms with van der Waals surface area (Å²) >= 11 is 0. The molecule has 6 heteroatoms. The van der Waals surface area contributed by atoms with Crippen LogP contribution in [0.15, 0.2) is 24.3 Å². The first-order valence-electron chi connectivity index (χ1n) is 5.28. The van der Waals surface area contributed by atoms with Crippen molar-refractivity contribution in [3.05, 3.63) is 24.3 Å². The topological polar surface area (TPSA) is 35.5 Å². The molecule has 1 aromatic carbocycles. The Kier molecular flexibility index (Phi) is 4.58. The summed E-state index contributed by atoms with van der Waals surface area (Å²) in [5.41, 5.74) is 0. The molecule has 3 nitrogen and oxygen atoms in total. The van der Waals surface area contributed by atoms with Crippen LogP contribution in [0.4, 0.5) is 13.2 Å². The zero-order valence-corrected chi connectivity index (χ0v) is 9.95. The van der Waals surface area contributed by atoms with Crippen molar-refractivity contribution >= 4 is 5.78 Å². The first kappa shape index (κ1) is 14.3. The smallest absolute Gasteiger partial charge is 0.490 e. The number of benzene rings is 1. The van der Waals surface area contributed by atoms with Crippen molar-refractivity contribution in [3.63, 3.8) is 0 Å². The number of hydrogen-bond acceptors (Lipinski definition) is 3. The molecule has 0 heterocycles. The molecule has 0 radical (unpaired) electrons. The molecule has 18 heavy (non-hydrogen) atoms. The van der Waals surface area contributed by atoms with E-state index in [2.05, 4.69) is 4.74 Å². The van der Waals surface area contributed by atoms with Gasteiger partial charge in [0.15, 0.2) is 0 Å². The van der Waals surface area contributed by atoms with Crippen LogP contribution in [0.5, 0.6) is 11.5 Å². The lowest BCUT2D eigenvalue weighted by Gasteiger charge is -2.14. The van der Waals surface area contributed by atoms with Gasteiger partial charge in [-0.2, -0.15) is 0 Å². The van der Waals surface area contributed by atoms with Crippen molar-refractivity contribution < 1.29 is 27.4 Å². The van der Waals surface area contributed by atoms with Crippen molar-refractivity contribution in [1.82, 2.24) is 0 Å². The molecule has 100 valence electrons. The fourth-order valence-electron chi connectivity index (χ4n) is 1.40. The Morgan fingerprint density at radius 3 is 2.17 bits per heavy atom. The lowest BCUT2D eigenvalue weighted by atomic mass is 10.2. The highest BCUT2D eigenvalue weighted by Gasteiger charge is 2.30. The van der Waals surface area contributed by atoms with Gasteiger partial charge in [0.25, 0.3) is 0 Å². The average Bonchev–Trinajstić information content (AvgIpc) is 2.17. The second-order valence-electron chi connectivity index (χ2n) is 3.85. The summed E-state index contributed by atoms with van der Waals surface area (Å²) in [5.74, 6) is 0.0619. The van der Waals surface area contributed by atoms with Crippen LogP contribution in [0.25, 0.3) is 0 Å². The molecule has 0 fully saturated rings. The van der Waals surface area contributed by atoms with Crippen LogP contribution >= 0.6 is 0 Å². The quantitative estimate of drug-likeness (QED) is 0.816. The second-order valence-corrected chi connectivity index (χ2v) is 3.85. The summed E-state index contributed by atoms with van der Waals surface area (Å²) in [6.45, 7) is 3.15. The molecule has 0 amide bonds. The van der Waals surface area contributed by atoms with Gasteiger partial charge in [0.2, 0.25) is 0 Å². The molecule has 0 bridgehead atoms. The number of alkyl halides is 3. The summed E-state index contributed by atoms with van der Waals surface area (Å²) in [6.07, 6.45) is -4.78. The summed E-state index contributed by atoms with van der Waals surface area (Å²) in [5, 5.41) is 0. The molecular formula is C12H13F3O3. The normalized spacial score (nSPS) is 12.9. The van der Waals surface area contributed by atoms with E-state index in [-0.39, 0.29) is 24.1 Å². The molecular weight excluding hydrogens is 249 g/mol. The number of Topliss-reactive ketones (excluding diaryl/α,β-unsaturated/α-hetero) is 1. The van der Waals surface area contributed by atoms with E-state index in [4.69, 9.17) is 4.74 Å². The Balaban J connectivity index is 2.57. The standard InChI is InChI=1S/C12H13F3O3/c1-8(16)7-9(2)17-10-3-5-11(6-4-10)18-12(13,14)15/h3-6,9H,7H2,1-2H3. The molecule has 0 spiro atoms. The average molecular weight is 262 g/mol. The molecule has 0 N–H and O–H groups in total. The molecule has 0 aliphatic heterocycles. The number of hydrogen-bond donors (Lipinski definition) is 0. The fourth-order valence-corrected chi connectivity index (χ4v) is 1.40. The maximum Gasteiger partial charge on any atom is 0.573 e. The van der Waals surface area contributed by atoms with Crippen LogP contribution in [0, 0.1) is 0 Å². The first-order valence-corrected chi connectivity index (χ1v) is 5.28. The molecule has 0 saturated heterocycles. The SMILES string of the molecule is CC(=O)CC(C)Oc1ccc(OC(F)(F)F)cc1. The molecule has 1 unspecified atom stereocenters. The summed E-state index contributed by atoms with van der Waals surface area (Å²) < 4.78 is 44.8. The van der Waals surface area contributed by atoms with E-state index in [0.717, 1.165) is 12.1 Å². The van der Waals surface area contributed by atoms with Crippen LogP contribution in [0.2, 0.25) is 0 Å². The van der Waals surface area contributed by atoms with Gasteiger partial charge in [0, 0.05) is 6.42 Å². The van der Waals surface area contributed by atoms with Crippen molar-refractivity contribution in [2.24, 2.45) is 0 Å². The number of ketones is 1. The van der Waals surface area contributed by atoms with E-state index >= 15 is 0 Å². The minimum Gasteiger partial charge on any atom is -0.490 e. The zero-order chi connectivity index (χ0) is 13.8. The number of carbonyl (C=O) groups excluding carboxylic acids is 1. The monoisotopic (exact) mass is 262 g/mol. The number of rotatable bonds is 5. The fraction of sp³-hybridized carbons (Fsp3) is 0.417. The van der Waals surface area contributed by atoms with Crippen LogP contribution in [-0.2, 0) is 4.79 Å². The van der Waals surface area contributed by atoms with E-state index in [1.54, 1.807) is 6.92 Å². The molecule has 0 aromatic heterocycles. The number of ether oxygens (including phenoxy) is 2. The van der Waals surface area contributed by atoms with Gasteiger partial charge in [0.1, 0.15) is 23.4 Å². The highest BCUT2D eigenvalue weighted by Crippen LogP contribution is 2.25. The third kappa shape index (κ3) is 5.56. The van der Waals surface area contributed by atoms with Crippen LogP contribution in [-0.4, -0.2) is 18.2 Å². The number of carbonyl (C=O) groups is 1. The predicted molar refractivity (Wildman–Crippen MR) is 58.5 cm³/mol. The van der Waals surface area contributed by atoms with Crippen molar-refractivity contribution in [2.75, 3.05) is 0 Å². The lowest BCUT2D eigenvalue weighted by molar-refractivity contribution is -0.274. The molecule has 0 aliphatic carbocycles. The van der Waals surface area contributed by atoms with E-state index in [1.165, 1.54) is 19.1 Å². The second kappa shape index (κ2) is 5.75. The van der Waals surface area contributed by atoms with E-state index in [1.807, 2.05) is 0 Å². The maximum absolute atomic E-state index is 11.9. The van der Waals surface area contributed by atoms with Crippen LogP contribution in [0.1, 0.15) is 20.3 Å². The Morgan fingerprint density at radius 2 is 1.72 bits per heavy atom. The summed E-state index contributed by atoms with van der Waals surface area (Å²) in [4.78, 5) is 10.8. The molecule has 0 saturated carbocycles. The predicted octanol–water partition coefficient (Wildman–Crippen LogP) is 3.33. The van der Waals surface area contributed by atoms with Gasteiger partial charge in [-0.3, -0.25) is 4.79 Å².